The summed E-state index contributed by atoms with van der Waals surface area (Å²) in [5, 5.41) is 3.48. The lowest BCUT2D eigenvalue weighted by Gasteiger charge is -2.70. The van der Waals surface area contributed by atoms with Crippen molar-refractivity contribution in [3.05, 3.63) is 18.0 Å². The number of rotatable bonds is 3. The van der Waals surface area contributed by atoms with E-state index >= 15 is 0 Å². The lowest BCUT2D eigenvalue weighted by molar-refractivity contribution is -0.119. The minimum Gasteiger partial charge on any atom is -0.349 e. The molecule has 1 heterocycles. The van der Waals surface area contributed by atoms with Gasteiger partial charge >= 0.3 is 0 Å². The summed E-state index contributed by atoms with van der Waals surface area (Å²) < 4.78 is 0. The van der Waals surface area contributed by atoms with Crippen molar-refractivity contribution in [3.8, 4) is 0 Å². The first-order chi connectivity index (χ1) is 7.15. The molecule has 3 saturated carbocycles. The summed E-state index contributed by atoms with van der Waals surface area (Å²) in [6.07, 6.45) is 9.01. The highest BCUT2D eigenvalue weighted by atomic mass is 15.2. The van der Waals surface area contributed by atoms with Gasteiger partial charge in [-0.2, -0.15) is 0 Å². The van der Waals surface area contributed by atoms with E-state index in [1.165, 1.54) is 25.7 Å². The number of aromatic nitrogens is 2. The molecule has 0 radical (unpaired) electrons. The van der Waals surface area contributed by atoms with Gasteiger partial charge in [-0.05, 0) is 37.2 Å². The van der Waals surface area contributed by atoms with Crippen molar-refractivity contribution in [1.82, 2.24) is 9.97 Å². The number of nitrogens with one attached hydrogen (secondary N) is 1. The van der Waals surface area contributed by atoms with Gasteiger partial charge in [0.15, 0.2) is 0 Å². The summed E-state index contributed by atoms with van der Waals surface area (Å²) in [6, 6.07) is 0. The first kappa shape index (κ1) is 9.13. The molecule has 4 rings (SSSR count). The first-order valence-electron chi connectivity index (χ1n) is 5.72. The van der Waals surface area contributed by atoms with Crippen molar-refractivity contribution >= 4 is 5.95 Å². The maximum absolute atomic E-state index is 4.30. The number of nitrogens with zero attached hydrogens (tertiary/aromatic N) is 2. The molecule has 15 heavy (non-hydrogen) atoms. The molecule has 1 N–H and O–H groups in total. The second-order valence-corrected chi connectivity index (χ2v) is 5.37. The molecule has 2 bridgehead atoms. The van der Waals surface area contributed by atoms with E-state index in [4.69, 9.17) is 0 Å². The average molecular weight is 203 g/mol. The molecule has 3 fully saturated rings. The van der Waals surface area contributed by atoms with Gasteiger partial charge < -0.3 is 5.32 Å². The third-order valence-electron chi connectivity index (χ3n) is 4.05. The molecule has 0 aromatic carbocycles. The Morgan fingerprint density at radius 2 is 1.87 bits per heavy atom. The van der Waals surface area contributed by atoms with Crippen LogP contribution in [0.5, 0.6) is 0 Å². The van der Waals surface area contributed by atoms with Gasteiger partial charge in [-0.1, -0.05) is 13.3 Å². The van der Waals surface area contributed by atoms with E-state index in [1.54, 1.807) is 0 Å². The fraction of sp³-hybridized carbons (Fsp3) is 0.667. The van der Waals surface area contributed by atoms with Crippen molar-refractivity contribution in [2.24, 2.45) is 5.41 Å². The molecule has 3 aliphatic rings. The molecule has 1 aromatic rings. The van der Waals surface area contributed by atoms with Gasteiger partial charge in [0.2, 0.25) is 5.95 Å². The molecule has 3 aliphatic carbocycles. The Kier molecular flexibility index (Phi) is 1.65. The minimum atomic E-state index is 0.352. The van der Waals surface area contributed by atoms with Gasteiger partial charge in [0.1, 0.15) is 0 Å². The molecule has 80 valence electrons. The second kappa shape index (κ2) is 2.71. The molecule has 1 aromatic heterocycles. The summed E-state index contributed by atoms with van der Waals surface area (Å²) in [6.45, 7) is 4.31. The average Bonchev–Trinajstić information content (AvgIpc) is 2.12. The van der Waals surface area contributed by atoms with E-state index in [0.717, 1.165) is 11.5 Å². The third-order valence-corrected chi connectivity index (χ3v) is 4.05. The van der Waals surface area contributed by atoms with Crippen LogP contribution in [0.2, 0.25) is 0 Å². The van der Waals surface area contributed by atoms with Crippen LogP contribution in [-0.4, -0.2) is 15.5 Å². The molecule has 0 atom stereocenters. The number of hydrogen-bond donors (Lipinski definition) is 1. The van der Waals surface area contributed by atoms with E-state index in [2.05, 4.69) is 22.2 Å². The van der Waals surface area contributed by atoms with Crippen molar-refractivity contribution < 1.29 is 0 Å². The Morgan fingerprint density at radius 3 is 2.40 bits per heavy atom. The van der Waals surface area contributed by atoms with Crippen LogP contribution in [0, 0.1) is 12.3 Å². The van der Waals surface area contributed by atoms with E-state index in [-0.39, 0.29) is 0 Å². The number of anilines is 1. The van der Waals surface area contributed by atoms with Gasteiger partial charge in [-0.3, -0.25) is 0 Å². The van der Waals surface area contributed by atoms with Gasteiger partial charge in [0, 0.05) is 17.9 Å². The maximum Gasteiger partial charge on any atom is 0.223 e. The smallest absolute Gasteiger partial charge is 0.223 e. The Morgan fingerprint density at radius 1 is 1.27 bits per heavy atom. The summed E-state index contributed by atoms with van der Waals surface area (Å²) in [4.78, 5) is 8.59. The molecule has 0 spiro atoms. The number of hydrogen-bond acceptors (Lipinski definition) is 3. The molecule has 0 unspecified atom stereocenters. The lowest BCUT2D eigenvalue weighted by atomic mass is 9.38. The predicted molar refractivity (Wildman–Crippen MR) is 59.7 cm³/mol. The third kappa shape index (κ3) is 1.25. The Bertz CT molecular complexity index is 363. The summed E-state index contributed by atoms with van der Waals surface area (Å²) in [5.74, 6) is 0.796. The van der Waals surface area contributed by atoms with Gasteiger partial charge in [0.05, 0.1) is 0 Å². The van der Waals surface area contributed by atoms with E-state index in [0.29, 0.717) is 11.0 Å². The highest BCUT2D eigenvalue weighted by Gasteiger charge is 2.66. The lowest BCUT2D eigenvalue weighted by Crippen LogP contribution is -2.70. The van der Waals surface area contributed by atoms with Crippen LogP contribution in [0.25, 0.3) is 0 Å². The highest BCUT2D eigenvalue weighted by molar-refractivity contribution is 5.39. The van der Waals surface area contributed by atoms with Crippen molar-refractivity contribution in [3.63, 3.8) is 0 Å². The Balaban J connectivity index is 1.66. The molecular weight excluding hydrogens is 186 g/mol. The quantitative estimate of drug-likeness (QED) is 0.820. The molecule has 0 amide bonds. The van der Waals surface area contributed by atoms with Crippen molar-refractivity contribution in [2.45, 2.75) is 45.1 Å². The second-order valence-electron chi connectivity index (χ2n) is 5.37. The van der Waals surface area contributed by atoms with Crippen LogP contribution in [0.1, 0.15) is 38.2 Å². The molecule has 3 heteroatoms. The van der Waals surface area contributed by atoms with Crippen LogP contribution >= 0.6 is 0 Å². The summed E-state index contributed by atoms with van der Waals surface area (Å²) in [5.41, 5.74) is 2.14. The highest BCUT2D eigenvalue weighted by Crippen LogP contribution is 2.69. The monoisotopic (exact) mass is 203 g/mol. The topological polar surface area (TPSA) is 37.8 Å². The van der Waals surface area contributed by atoms with Crippen molar-refractivity contribution in [1.29, 1.82) is 0 Å². The van der Waals surface area contributed by atoms with Crippen LogP contribution in [0.15, 0.2) is 12.4 Å². The standard InChI is InChI=1S/C12H17N3/c1-3-11-6-12(7-11,8-11)15-10-13-4-9(2)5-14-10/h4-5H,3,6-8H2,1-2H3,(H,13,14,15). The molecule has 0 saturated heterocycles. The fourth-order valence-electron chi connectivity index (χ4n) is 3.20. The zero-order valence-electron chi connectivity index (χ0n) is 9.38. The zero-order valence-corrected chi connectivity index (χ0v) is 9.38. The maximum atomic E-state index is 4.30. The van der Waals surface area contributed by atoms with Gasteiger partial charge in [-0.25, -0.2) is 9.97 Å². The van der Waals surface area contributed by atoms with Crippen LogP contribution < -0.4 is 5.32 Å². The number of aryl methyl sites for hydroxylation is 1. The van der Waals surface area contributed by atoms with Crippen LogP contribution in [0.4, 0.5) is 5.95 Å². The van der Waals surface area contributed by atoms with E-state index in [1.807, 2.05) is 19.3 Å². The minimum absolute atomic E-state index is 0.352. The Labute approximate surface area is 90.3 Å². The SMILES string of the molecule is CCC12CC(Nc3ncc(C)cn3)(C1)C2. The van der Waals surface area contributed by atoms with Crippen LogP contribution in [0.3, 0.4) is 0 Å². The first-order valence-corrected chi connectivity index (χ1v) is 5.72. The largest absolute Gasteiger partial charge is 0.349 e. The van der Waals surface area contributed by atoms with Crippen LogP contribution in [-0.2, 0) is 0 Å². The summed E-state index contributed by atoms with van der Waals surface area (Å²) in [7, 11) is 0. The van der Waals surface area contributed by atoms with E-state index in [9.17, 15) is 0 Å². The normalized spacial score (nSPS) is 36.7. The van der Waals surface area contributed by atoms with E-state index < -0.39 is 0 Å². The predicted octanol–water partition coefficient (Wildman–Crippen LogP) is 2.53. The molecule has 3 nitrogen and oxygen atoms in total. The van der Waals surface area contributed by atoms with Crippen molar-refractivity contribution in [2.75, 3.05) is 5.32 Å². The summed E-state index contributed by atoms with van der Waals surface area (Å²) >= 11 is 0. The molecule has 0 aliphatic heterocycles. The fourth-order valence-corrected chi connectivity index (χ4v) is 3.20. The zero-order chi connectivity index (χ0) is 10.5. The molecular formula is C12H17N3. The Hall–Kier alpha value is -1.12. The van der Waals surface area contributed by atoms with Gasteiger partial charge in [-0.15, -0.1) is 0 Å². The van der Waals surface area contributed by atoms with Gasteiger partial charge in [0.25, 0.3) is 0 Å².